The molecule has 37 heavy (non-hydrogen) atoms. The van der Waals surface area contributed by atoms with Crippen LogP contribution in [-0.2, 0) is 22.7 Å². The van der Waals surface area contributed by atoms with E-state index in [0.29, 0.717) is 23.9 Å². The van der Waals surface area contributed by atoms with Gasteiger partial charge in [0.05, 0.1) is 16.3 Å². The zero-order chi connectivity index (χ0) is 27.6. The van der Waals surface area contributed by atoms with E-state index in [4.69, 9.17) is 0 Å². The lowest BCUT2D eigenvalue weighted by Crippen LogP contribution is -2.39. The number of nitrogens with one attached hydrogen (secondary N) is 1. The summed E-state index contributed by atoms with van der Waals surface area (Å²) in [6, 6.07) is 5.28. The van der Waals surface area contributed by atoms with Crippen LogP contribution in [0.5, 0.6) is 0 Å². The monoisotopic (exact) mass is 546 g/mol. The molecule has 1 fully saturated rings. The molecule has 4 nitrogen and oxygen atoms in total. The molecule has 3 aromatic rings. The van der Waals surface area contributed by atoms with Crippen LogP contribution in [0.4, 0.5) is 26.3 Å². The number of rotatable bonds is 6. The summed E-state index contributed by atoms with van der Waals surface area (Å²) in [7, 11) is -4.20. The minimum absolute atomic E-state index is 0.0822. The van der Waals surface area contributed by atoms with Gasteiger partial charge in [0.15, 0.2) is 0 Å². The van der Waals surface area contributed by atoms with Gasteiger partial charge in [-0.25, -0.2) is 8.42 Å². The summed E-state index contributed by atoms with van der Waals surface area (Å²) in [5, 5.41) is -0.719. The van der Waals surface area contributed by atoms with E-state index in [0.717, 1.165) is 6.07 Å². The zero-order valence-corrected chi connectivity index (χ0v) is 21.6. The first-order chi connectivity index (χ1) is 16.9. The van der Waals surface area contributed by atoms with Crippen LogP contribution in [-0.4, -0.2) is 24.4 Å². The summed E-state index contributed by atoms with van der Waals surface area (Å²) >= 11 is 0. The molecule has 0 saturated heterocycles. The van der Waals surface area contributed by atoms with Gasteiger partial charge in [0.2, 0.25) is 10.0 Å². The number of aryl methyl sites for hydroxylation is 1. The molecular formula is C26H28F6N2O2S. The van der Waals surface area contributed by atoms with Crippen LogP contribution < -0.4 is 4.72 Å². The highest BCUT2D eigenvalue weighted by molar-refractivity contribution is 7.90. The first-order valence-electron chi connectivity index (χ1n) is 11.8. The van der Waals surface area contributed by atoms with Gasteiger partial charge in [-0.15, -0.1) is 0 Å². The molecular weight excluding hydrogens is 518 g/mol. The van der Waals surface area contributed by atoms with Crippen LogP contribution in [0.3, 0.4) is 0 Å². The first-order valence-corrected chi connectivity index (χ1v) is 13.3. The normalized spacial score (nSPS) is 16.4. The van der Waals surface area contributed by atoms with Crippen LogP contribution in [0, 0.1) is 12.3 Å². The van der Waals surface area contributed by atoms with E-state index < -0.39 is 44.6 Å². The summed E-state index contributed by atoms with van der Waals surface area (Å²) in [5.41, 5.74) is -0.665. The number of alkyl halides is 6. The van der Waals surface area contributed by atoms with Crippen molar-refractivity contribution in [2.45, 2.75) is 70.7 Å². The molecule has 1 N–H and O–H groups in total. The smallest absolute Gasteiger partial charge is 0.346 e. The zero-order valence-electron chi connectivity index (χ0n) is 20.8. The first kappa shape index (κ1) is 27.5. The number of benzene rings is 2. The molecule has 0 amide bonds. The summed E-state index contributed by atoms with van der Waals surface area (Å²) in [4.78, 5) is 0. The predicted molar refractivity (Wildman–Crippen MR) is 130 cm³/mol. The topological polar surface area (TPSA) is 51.1 Å². The molecule has 2 aromatic carbocycles. The second-order valence-electron chi connectivity index (χ2n) is 10.8. The lowest BCUT2D eigenvalue weighted by Gasteiger charge is -2.22. The standard InChI is InChI=1S/C26H28F6N2O2S/c1-15-17(18-7-5-6-8-21(18)25(27,28)29)11-12-19-20(13-34(22(15)19)14-24(2,3)4)23(26(30,31)32)33-37(35,36)16-9-10-16/h5-8,11-13,16,23,33H,9-10,14H2,1-4H3/t23-/m0/s1. The summed E-state index contributed by atoms with van der Waals surface area (Å²) in [6.07, 6.45) is -7.69. The number of hydrogen-bond acceptors (Lipinski definition) is 2. The molecule has 1 aliphatic rings. The van der Waals surface area contributed by atoms with Crippen molar-refractivity contribution < 1.29 is 34.8 Å². The minimum atomic E-state index is -4.93. The molecule has 0 radical (unpaired) electrons. The van der Waals surface area contributed by atoms with Gasteiger partial charge in [0.25, 0.3) is 0 Å². The van der Waals surface area contributed by atoms with Gasteiger partial charge < -0.3 is 4.57 Å². The molecule has 11 heteroatoms. The van der Waals surface area contributed by atoms with Gasteiger partial charge in [-0.3, -0.25) is 0 Å². The van der Waals surface area contributed by atoms with Gasteiger partial charge in [-0.2, -0.15) is 31.1 Å². The average Bonchev–Trinajstić information content (AvgIpc) is 3.54. The van der Waals surface area contributed by atoms with Crippen molar-refractivity contribution in [3.05, 3.63) is 59.3 Å². The Morgan fingerprint density at radius 2 is 1.59 bits per heavy atom. The minimum Gasteiger partial charge on any atom is -0.346 e. The highest BCUT2D eigenvalue weighted by Crippen LogP contribution is 2.44. The highest BCUT2D eigenvalue weighted by atomic mass is 32.2. The van der Waals surface area contributed by atoms with E-state index in [1.165, 1.54) is 36.5 Å². The third-order valence-corrected chi connectivity index (χ3v) is 8.29. The maximum atomic E-state index is 14.3. The molecule has 1 aromatic heterocycles. The van der Waals surface area contributed by atoms with Crippen LogP contribution in [0.1, 0.15) is 56.3 Å². The average molecular weight is 547 g/mol. The van der Waals surface area contributed by atoms with Gasteiger partial charge in [0, 0.05) is 23.7 Å². The molecule has 1 atom stereocenters. The van der Waals surface area contributed by atoms with Crippen LogP contribution in [0.25, 0.3) is 22.0 Å². The summed E-state index contributed by atoms with van der Waals surface area (Å²) in [5.74, 6) is 0. The maximum Gasteiger partial charge on any atom is 0.417 e. The third-order valence-electron chi connectivity index (χ3n) is 6.38. The van der Waals surface area contributed by atoms with Crippen molar-refractivity contribution >= 4 is 20.9 Å². The van der Waals surface area contributed by atoms with Gasteiger partial charge in [0.1, 0.15) is 6.04 Å². The maximum absolute atomic E-state index is 14.3. The molecule has 1 saturated carbocycles. The lowest BCUT2D eigenvalue weighted by molar-refractivity contribution is -0.152. The van der Waals surface area contributed by atoms with Crippen molar-refractivity contribution in [1.82, 2.24) is 9.29 Å². The third kappa shape index (κ3) is 5.67. The van der Waals surface area contributed by atoms with E-state index in [-0.39, 0.29) is 28.6 Å². The van der Waals surface area contributed by atoms with Gasteiger partial charge in [-0.05, 0) is 47.9 Å². The van der Waals surface area contributed by atoms with Crippen molar-refractivity contribution in [2.24, 2.45) is 5.41 Å². The van der Waals surface area contributed by atoms with Gasteiger partial charge >= 0.3 is 12.4 Å². The molecule has 1 heterocycles. The SMILES string of the molecule is Cc1c(-c2ccccc2C(F)(F)F)ccc2c([C@H](NS(=O)(=O)C3CC3)C(F)(F)F)cn(CC(C)(C)C)c12. The lowest BCUT2D eigenvalue weighted by atomic mass is 9.92. The molecule has 202 valence electrons. The molecule has 0 spiro atoms. The summed E-state index contributed by atoms with van der Waals surface area (Å²) < 4.78 is 113. The van der Waals surface area contributed by atoms with E-state index in [1.807, 2.05) is 25.5 Å². The van der Waals surface area contributed by atoms with Crippen molar-refractivity contribution in [3.63, 3.8) is 0 Å². The van der Waals surface area contributed by atoms with Crippen LogP contribution in [0.2, 0.25) is 0 Å². The second kappa shape index (κ2) is 9.04. The van der Waals surface area contributed by atoms with Crippen molar-refractivity contribution in [1.29, 1.82) is 0 Å². The van der Waals surface area contributed by atoms with Crippen LogP contribution >= 0.6 is 0 Å². The molecule has 0 aliphatic heterocycles. The molecule has 0 bridgehead atoms. The quantitative estimate of drug-likeness (QED) is 0.328. The van der Waals surface area contributed by atoms with Crippen molar-refractivity contribution in [3.8, 4) is 11.1 Å². The number of halogens is 6. The molecule has 1 aliphatic carbocycles. The van der Waals surface area contributed by atoms with E-state index in [9.17, 15) is 34.8 Å². The number of hydrogen-bond donors (Lipinski definition) is 1. The largest absolute Gasteiger partial charge is 0.417 e. The molecule has 0 unspecified atom stereocenters. The Morgan fingerprint density at radius 1 is 0.973 bits per heavy atom. The summed E-state index contributed by atoms with van der Waals surface area (Å²) in [6.45, 7) is 7.48. The fraction of sp³-hybridized carbons (Fsp3) is 0.462. The van der Waals surface area contributed by atoms with Gasteiger partial charge in [-0.1, -0.05) is 51.1 Å². The fourth-order valence-corrected chi connectivity index (χ4v) is 6.21. The van der Waals surface area contributed by atoms with Crippen molar-refractivity contribution in [2.75, 3.05) is 0 Å². The molecule has 4 rings (SSSR count). The Hall–Kier alpha value is -2.53. The highest BCUT2D eigenvalue weighted by Gasteiger charge is 2.48. The number of fused-ring (bicyclic) bond motifs is 1. The number of sulfonamides is 1. The number of nitrogens with zero attached hydrogens (tertiary/aromatic N) is 1. The van der Waals surface area contributed by atoms with E-state index >= 15 is 0 Å². The Morgan fingerprint density at radius 3 is 2.14 bits per heavy atom. The second-order valence-corrected chi connectivity index (χ2v) is 12.8. The fourth-order valence-electron chi connectivity index (χ4n) is 4.67. The number of aromatic nitrogens is 1. The Balaban J connectivity index is 1.97. The van der Waals surface area contributed by atoms with E-state index in [1.54, 1.807) is 11.5 Å². The van der Waals surface area contributed by atoms with E-state index in [2.05, 4.69) is 0 Å². The van der Waals surface area contributed by atoms with Crippen LogP contribution in [0.15, 0.2) is 42.6 Å². The predicted octanol–water partition coefficient (Wildman–Crippen LogP) is 7.37. The Bertz CT molecular complexity index is 1430. The Labute approximate surface area is 211 Å². The Kier molecular flexibility index (Phi) is 6.72.